The quantitative estimate of drug-likeness (QED) is 0.535. The summed E-state index contributed by atoms with van der Waals surface area (Å²) in [5, 5.41) is 20.6. The van der Waals surface area contributed by atoms with E-state index in [4.69, 9.17) is 16.2 Å². The first-order valence-electron chi connectivity index (χ1n) is 11.7. The Bertz CT molecular complexity index is 1480. The second-order valence-corrected chi connectivity index (χ2v) is 10.8. The van der Waals surface area contributed by atoms with Crippen molar-refractivity contribution >= 4 is 33.8 Å². The van der Waals surface area contributed by atoms with Crippen molar-refractivity contribution in [1.82, 2.24) is 15.0 Å². The second-order valence-electron chi connectivity index (χ2n) is 9.76. The molecule has 0 amide bonds. The number of nitrogens with two attached hydrogens (primary N) is 2. The van der Waals surface area contributed by atoms with Gasteiger partial charge in [-0.1, -0.05) is 6.07 Å². The minimum absolute atomic E-state index is 0.117. The molecule has 6 rings (SSSR count). The Labute approximate surface area is 212 Å². The summed E-state index contributed by atoms with van der Waals surface area (Å²) in [4.78, 5) is 18.6. The van der Waals surface area contributed by atoms with Crippen molar-refractivity contribution in [2.24, 2.45) is 5.92 Å². The molecule has 3 unspecified atom stereocenters. The van der Waals surface area contributed by atoms with Crippen LogP contribution in [-0.4, -0.2) is 42.2 Å². The first-order valence-corrected chi connectivity index (χ1v) is 12.5. The van der Waals surface area contributed by atoms with Gasteiger partial charge in [-0.3, -0.25) is 0 Å². The van der Waals surface area contributed by atoms with Crippen molar-refractivity contribution in [3.63, 3.8) is 0 Å². The van der Waals surface area contributed by atoms with E-state index in [1.165, 1.54) is 12.0 Å². The minimum Gasteiger partial charge on any atom is -0.467 e. The zero-order chi connectivity index (χ0) is 25.4. The van der Waals surface area contributed by atoms with Gasteiger partial charge in [-0.05, 0) is 36.8 Å². The van der Waals surface area contributed by atoms with Gasteiger partial charge >= 0.3 is 6.01 Å². The molecule has 1 spiro atoms. The van der Waals surface area contributed by atoms with Crippen molar-refractivity contribution in [2.75, 3.05) is 48.5 Å². The van der Waals surface area contributed by atoms with Crippen LogP contribution < -0.4 is 26.0 Å². The summed E-state index contributed by atoms with van der Waals surface area (Å²) in [6.07, 6.45) is 2.78. The molecule has 3 aromatic heterocycles. The molecule has 3 aliphatic rings. The van der Waals surface area contributed by atoms with E-state index < -0.39 is 0 Å². The summed E-state index contributed by atoms with van der Waals surface area (Å²) in [6.45, 7) is 3.34. The Morgan fingerprint density at radius 1 is 1.25 bits per heavy atom. The number of fused-ring (bicyclic) bond motifs is 5. The number of rotatable bonds is 5. The summed E-state index contributed by atoms with van der Waals surface area (Å²) < 4.78 is 5.44. The largest absolute Gasteiger partial charge is 0.467 e. The fourth-order valence-corrected chi connectivity index (χ4v) is 7.37. The van der Waals surface area contributed by atoms with Crippen LogP contribution in [0.4, 0.5) is 22.5 Å². The van der Waals surface area contributed by atoms with Crippen LogP contribution in [0.5, 0.6) is 6.01 Å². The third kappa shape index (κ3) is 2.90. The number of nitrogen functional groups attached to an aromatic ring is 2. The lowest BCUT2D eigenvalue weighted by atomic mass is 9.71. The zero-order valence-electron chi connectivity index (χ0n) is 20.2. The standard InChI is InChI=1S/C25H25N9OS/c1-12(13-5-4-6-30-20(13)28)33(2)22-16(9-27)23(32-24(31-22)35-3)34-10-25(11-34)17-7-14(17)19-18(25)15(8-26)21(29)36-19/h4-6,12,14,17H,7,10-11,29H2,1-3H3,(H2,28,30). The van der Waals surface area contributed by atoms with Crippen molar-refractivity contribution < 1.29 is 4.74 Å². The smallest absolute Gasteiger partial charge is 0.320 e. The van der Waals surface area contributed by atoms with E-state index in [0.29, 0.717) is 58.5 Å². The summed E-state index contributed by atoms with van der Waals surface area (Å²) in [7, 11) is 3.38. The fourth-order valence-electron chi connectivity index (χ4n) is 6.06. The van der Waals surface area contributed by atoms with Gasteiger partial charge in [-0.25, -0.2) is 4.98 Å². The highest BCUT2D eigenvalue weighted by atomic mass is 32.1. The molecule has 4 heterocycles. The Morgan fingerprint density at radius 2 is 2.00 bits per heavy atom. The van der Waals surface area contributed by atoms with Gasteiger partial charge in [0.1, 0.15) is 28.5 Å². The molecular formula is C25H25N9OS. The lowest BCUT2D eigenvalue weighted by Gasteiger charge is -2.51. The van der Waals surface area contributed by atoms with Crippen LogP contribution >= 0.6 is 11.3 Å². The number of hydrogen-bond donors (Lipinski definition) is 2. The number of thiophene rings is 1. The average Bonchev–Trinajstić information content (AvgIpc) is 3.51. The summed E-state index contributed by atoms with van der Waals surface area (Å²) in [5.41, 5.74) is 15.2. The van der Waals surface area contributed by atoms with Crippen LogP contribution in [0.2, 0.25) is 0 Å². The summed E-state index contributed by atoms with van der Waals surface area (Å²) >= 11 is 1.57. The van der Waals surface area contributed by atoms with Crippen molar-refractivity contribution in [2.45, 2.75) is 30.7 Å². The van der Waals surface area contributed by atoms with Gasteiger partial charge in [-0.15, -0.1) is 11.3 Å². The van der Waals surface area contributed by atoms with Crippen LogP contribution in [0.3, 0.4) is 0 Å². The lowest BCUT2D eigenvalue weighted by Crippen LogP contribution is -2.61. The number of methoxy groups -OCH3 is 1. The molecule has 1 saturated carbocycles. The Morgan fingerprint density at radius 3 is 2.67 bits per heavy atom. The number of aromatic nitrogens is 3. The highest BCUT2D eigenvalue weighted by Gasteiger charge is 2.67. The third-order valence-corrected chi connectivity index (χ3v) is 9.19. The molecule has 3 aromatic rings. The number of hydrogen-bond acceptors (Lipinski definition) is 11. The van der Waals surface area contributed by atoms with E-state index in [1.54, 1.807) is 17.5 Å². The first kappa shape index (κ1) is 22.4. The maximum Gasteiger partial charge on any atom is 0.320 e. The van der Waals surface area contributed by atoms with E-state index in [-0.39, 0.29) is 17.5 Å². The average molecular weight is 500 g/mol. The highest BCUT2D eigenvalue weighted by molar-refractivity contribution is 7.16. The maximum absolute atomic E-state index is 10.2. The number of anilines is 4. The highest BCUT2D eigenvalue weighted by Crippen LogP contribution is 2.71. The van der Waals surface area contributed by atoms with E-state index >= 15 is 0 Å². The topological polar surface area (TPSA) is 154 Å². The van der Waals surface area contributed by atoms with Crippen molar-refractivity contribution in [3.8, 4) is 18.1 Å². The van der Waals surface area contributed by atoms with Crippen LogP contribution in [0.1, 0.15) is 52.4 Å². The number of nitrogens with zero attached hydrogens (tertiary/aromatic N) is 7. The molecule has 10 nitrogen and oxygen atoms in total. The fraction of sp³-hybridized carbons (Fsp3) is 0.400. The molecule has 0 bridgehead atoms. The van der Waals surface area contributed by atoms with Crippen molar-refractivity contribution in [1.29, 1.82) is 10.5 Å². The van der Waals surface area contributed by atoms with E-state index in [1.807, 2.05) is 31.0 Å². The molecular weight excluding hydrogens is 474 g/mol. The predicted molar refractivity (Wildman–Crippen MR) is 137 cm³/mol. The normalized spacial score (nSPS) is 21.1. The maximum atomic E-state index is 10.2. The molecule has 182 valence electrons. The summed E-state index contributed by atoms with van der Waals surface area (Å²) in [5.74, 6) is 2.45. The van der Waals surface area contributed by atoms with Gasteiger partial charge in [0, 0.05) is 42.2 Å². The van der Waals surface area contributed by atoms with E-state index in [0.717, 1.165) is 17.5 Å². The SMILES string of the molecule is COc1nc(N2CC3(C2)c2c(sc(N)c2C#N)C2CC23)c(C#N)c(N(C)C(C)c2cccnc2N)n1. The molecule has 4 N–H and O–H groups in total. The molecule has 2 fully saturated rings. The molecule has 1 saturated heterocycles. The van der Waals surface area contributed by atoms with Gasteiger partial charge in [0.25, 0.3) is 0 Å². The first-order chi connectivity index (χ1) is 17.3. The van der Waals surface area contributed by atoms with Gasteiger partial charge in [0.05, 0.1) is 18.7 Å². The number of pyridine rings is 1. The predicted octanol–water partition coefficient (Wildman–Crippen LogP) is 2.92. The van der Waals surface area contributed by atoms with Crippen molar-refractivity contribution in [3.05, 3.63) is 45.5 Å². The van der Waals surface area contributed by atoms with Crippen LogP contribution in [0.25, 0.3) is 0 Å². The lowest BCUT2D eigenvalue weighted by molar-refractivity contribution is 0.293. The van der Waals surface area contributed by atoms with E-state index in [9.17, 15) is 10.5 Å². The monoisotopic (exact) mass is 499 g/mol. The number of ether oxygens (including phenoxy) is 1. The minimum atomic E-state index is -0.197. The Balaban J connectivity index is 1.37. The van der Waals surface area contributed by atoms with Gasteiger partial charge in [0.2, 0.25) is 0 Å². The molecule has 1 aliphatic heterocycles. The Kier molecular flexibility index (Phi) is 4.79. The van der Waals surface area contributed by atoms with Gasteiger partial charge < -0.3 is 26.0 Å². The van der Waals surface area contributed by atoms with Crippen LogP contribution in [-0.2, 0) is 5.41 Å². The molecule has 2 aliphatic carbocycles. The molecule has 3 atom stereocenters. The van der Waals surface area contributed by atoms with Crippen LogP contribution in [0.15, 0.2) is 18.3 Å². The van der Waals surface area contributed by atoms with Gasteiger partial charge in [0.15, 0.2) is 11.6 Å². The second kappa shape index (κ2) is 7.70. The van der Waals surface area contributed by atoms with Crippen LogP contribution in [0, 0.1) is 28.6 Å². The Hall–Kier alpha value is -4.09. The molecule has 36 heavy (non-hydrogen) atoms. The molecule has 0 radical (unpaired) electrons. The number of nitriles is 2. The molecule has 11 heteroatoms. The summed E-state index contributed by atoms with van der Waals surface area (Å²) in [6, 6.07) is 8.41. The van der Waals surface area contributed by atoms with Gasteiger partial charge in [-0.2, -0.15) is 20.5 Å². The third-order valence-electron chi connectivity index (χ3n) is 8.04. The molecule has 0 aromatic carbocycles. The van der Waals surface area contributed by atoms with E-state index in [2.05, 4.69) is 32.0 Å². The zero-order valence-corrected chi connectivity index (χ0v) is 21.0.